The van der Waals surface area contributed by atoms with Crippen LogP contribution in [0.25, 0.3) is 22.2 Å². The summed E-state index contributed by atoms with van der Waals surface area (Å²) in [6.45, 7) is 0. The van der Waals surface area contributed by atoms with E-state index in [1.54, 1.807) is 6.20 Å². The topological polar surface area (TPSA) is 59.6 Å². The number of benzene rings is 1. The van der Waals surface area contributed by atoms with Gasteiger partial charge in [-0.2, -0.15) is 5.10 Å². The minimum Gasteiger partial charge on any atom is -0.396 e. The van der Waals surface area contributed by atoms with Crippen LogP contribution in [-0.4, -0.2) is 14.8 Å². The zero-order valence-corrected chi connectivity index (χ0v) is 8.94. The van der Waals surface area contributed by atoms with Crippen molar-refractivity contribution in [2.45, 2.75) is 0 Å². The third-order valence-electron chi connectivity index (χ3n) is 2.82. The quantitative estimate of drug-likeness (QED) is 0.649. The van der Waals surface area contributed by atoms with Gasteiger partial charge in [0.15, 0.2) is 0 Å². The lowest BCUT2D eigenvalue weighted by molar-refractivity contribution is 0.969. The Labute approximate surface area is 92.7 Å². The molecule has 0 saturated carbocycles. The van der Waals surface area contributed by atoms with Crippen molar-refractivity contribution in [2.75, 3.05) is 5.73 Å². The molecule has 16 heavy (non-hydrogen) atoms. The summed E-state index contributed by atoms with van der Waals surface area (Å²) in [6.07, 6.45) is 3.76. The SMILES string of the molecule is Cn1cc(-c2n[nH]cc2N)c2ccccc21. The molecule has 0 bridgehead atoms. The van der Waals surface area contributed by atoms with Crippen molar-refractivity contribution in [2.24, 2.45) is 7.05 Å². The van der Waals surface area contributed by atoms with Crippen LogP contribution in [0.3, 0.4) is 0 Å². The molecule has 0 aliphatic heterocycles. The standard InChI is InChI=1S/C12H12N4/c1-16-7-9(12-10(13)6-14-15-12)8-4-2-3-5-11(8)16/h2-7H,13H2,1H3,(H,14,15). The zero-order valence-electron chi connectivity index (χ0n) is 8.94. The van der Waals surface area contributed by atoms with Gasteiger partial charge in [-0.1, -0.05) is 18.2 Å². The van der Waals surface area contributed by atoms with Crippen molar-refractivity contribution < 1.29 is 0 Å². The number of para-hydroxylation sites is 1. The summed E-state index contributed by atoms with van der Waals surface area (Å²) < 4.78 is 2.08. The van der Waals surface area contributed by atoms with Crippen LogP contribution in [0.2, 0.25) is 0 Å². The average molecular weight is 212 g/mol. The molecule has 0 unspecified atom stereocenters. The fourth-order valence-corrected chi connectivity index (χ4v) is 2.05. The number of rotatable bonds is 1. The van der Waals surface area contributed by atoms with E-state index in [0.29, 0.717) is 5.69 Å². The van der Waals surface area contributed by atoms with Crippen LogP contribution >= 0.6 is 0 Å². The molecule has 2 heterocycles. The number of nitrogens with two attached hydrogens (primary N) is 1. The minimum atomic E-state index is 0.677. The van der Waals surface area contributed by atoms with Crippen LogP contribution in [-0.2, 0) is 7.05 Å². The monoisotopic (exact) mass is 212 g/mol. The molecule has 4 heteroatoms. The Morgan fingerprint density at radius 1 is 1.31 bits per heavy atom. The molecule has 0 radical (unpaired) electrons. The average Bonchev–Trinajstić information content (AvgIpc) is 2.84. The summed E-state index contributed by atoms with van der Waals surface area (Å²) in [6, 6.07) is 8.22. The lowest BCUT2D eigenvalue weighted by atomic mass is 10.1. The molecule has 3 N–H and O–H groups in total. The van der Waals surface area contributed by atoms with Crippen LogP contribution in [0.1, 0.15) is 0 Å². The number of nitrogen functional groups attached to an aromatic ring is 1. The molecule has 0 spiro atoms. The van der Waals surface area contributed by atoms with Gasteiger partial charge in [0.05, 0.1) is 5.69 Å². The Balaban J connectivity index is 2.37. The zero-order chi connectivity index (χ0) is 11.1. The number of fused-ring (bicyclic) bond motifs is 1. The Hall–Kier alpha value is -2.23. The predicted molar refractivity (Wildman–Crippen MR) is 64.9 cm³/mol. The number of nitrogens with zero attached hydrogens (tertiary/aromatic N) is 2. The fraction of sp³-hybridized carbons (Fsp3) is 0.0833. The largest absolute Gasteiger partial charge is 0.396 e. The van der Waals surface area contributed by atoms with Gasteiger partial charge in [0.25, 0.3) is 0 Å². The summed E-state index contributed by atoms with van der Waals surface area (Å²) in [5.41, 5.74) is 9.61. The molecular formula is C12H12N4. The number of aromatic nitrogens is 3. The van der Waals surface area contributed by atoms with E-state index in [2.05, 4.69) is 33.1 Å². The van der Waals surface area contributed by atoms with Gasteiger partial charge in [0.1, 0.15) is 5.69 Å². The highest BCUT2D eigenvalue weighted by atomic mass is 15.1. The third-order valence-corrected chi connectivity index (χ3v) is 2.82. The summed E-state index contributed by atoms with van der Waals surface area (Å²) in [7, 11) is 2.02. The van der Waals surface area contributed by atoms with Gasteiger partial charge in [-0.25, -0.2) is 0 Å². The van der Waals surface area contributed by atoms with E-state index in [0.717, 1.165) is 11.3 Å². The second kappa shape index (κ2) is 3.13. The molecule has 3 aromatic rings. The molecule has 2 aromatic heterocycles. The van der Waals surface area contributed by atoms with Crippen molar-refractivity contribution in [3.05, 3.63) is 36.7 Å². The first-order valence-electron chi connectivity index (χ1n) is 5.11. The van der Waals surface area contributed by atoms with Crippen LogP contribution in [0.5, 0.6) is 0 Å². The van der Waals surface area contributed by atoms with Crippen molar-refractivity contribution in [3.63, 3.8) is 0 Å². The van der Waals surface area contributed by atoms with E-state index >= 15 is 0 Å². The van der Waals surface area contributed by atoms with Crippen LogP contribution in [0, 0.1) is 0 Å². The lowest BCUT2D eigenvalue weighted by Crippen LogP contribution is -1.85. The molecule has 0 aliphatic rings. The number of hydrogen-bond acceptors (Lipinski definition) is 2. The summed E-state index contributed by atoms with van der Waals surface area (Å²) in [5.74, 6) is 0. The van der Waals surface area contributed by atoms with E-state index in [9.17, 15) is 0 Å². The minimum absolute atomic E-state index is 0.677. The van der Waals surface area contributed by atoms with Crippen molar-refractivity contribution in [3.8, 4) is 11.3 Å². The predicted octanol–water partition coefficient (Wildman–Crippen LogP) is 2.15. The molecule has 4 nitrogen and oxygen atoms in total. The molecule has 1 aromatic carbocycles. The van der Waals surface area contributed by atoms with E-state index in [1.165, 1.54) is 10.9 Å². The van der Waals surface area contributed by atoms with E-state index in [4.69, 9.17) is 5.73 Å². The highest BCUT2D eigenvalue weighted by molar-refractivity contribution is 5.97. The van der Waals surface area contributed by atoms with Gasteiger partial charge < -0.3 is 10.3 Å². The third kappa shape index (κ3) is 1.13. The van der Waals surface area contributed by atoms with E-state index in [1.807, 2.05) is 19.2 Å². The molecule has 0 atom stereocenters. The molecule has 80 valence electrons. The van der Waals surface area contributed by atoms with Gasteiger partial charge in [-0.05, 0) is 6.07 Å². The maximum absolute atomic E-state index is 5.87. The van der Waals surface area contributed by atoms with Gasteiger partial charge in [0.2, 0.25) is 0 Å². The number of aryl methyl sites for hydroxylation is 1. The first kappa shape index (κ1) is 9.03. The second-order valence-electron chi connectivity index (χ2n) is 3.86. The number of hydrogen-bond donors (Lipinski definition) is 2. The highest BCUT2D eigenvalue weighted by Crippen LogP contribution is 2.31. The Morgan fingerprint density at radius 3 is 2.88 bits per heavy atom. The fourth-order valence-electron chi connectivity index (χ4n) is 2.05. The molecule has 3 rings (SSSR count). The normalized spacial score (nSPS) is 11.1. The number of anilines is 1. The van der Waals surface area contributed by atoms with Crippen molar-refractivity contribution in [1.29, 1.82) is 0 Å². The maximum Gasteiger partial charge on any atom is 0.117 e. The Bertz CT molecular complexity index is 648. The van der Waals surface area contributed by atoms with Crippen molar-refractivity contribution in [1.82, 2.24) is 14.8 Å². The molecule has 0 fully saturated rings. The Morgan fingerprint density at radius 2 is 2.12 bits per heavy atom. The van der Waals surface area contributed by atoms with Crippen LogP contribution in [0.15, 0.2) is 36.7 Å². The Kier molecular flexibility index (Phi) is 1.77. The van der Waals surface area contributed by atoms with Gasteiger partial charge >= 0.3 is 0 Å². The molecule has 0 amide bonds. The number of H-pyrrole nitrogens is 1. The summed E-state index contributed by atoms with van der Waals surface area (Å²) in [5, 5.41) is 8.14. The molecule has 0 saturated heterocycles. The van der Waals surface area contributed by atoms with E-state index < -0.39 is 0 Å². The van der Waals surface area contributed by atoms with Gasteiger partial charge in [-0.15, -0.1) is 0 Å². The van der Waals surface area contributed by atoms with Gasteiger partial charge in [-0.3, -0.25) is 5.10 Å². The second-order valence-corrected chi connectivity index (χ2v) is 3.86. The van der Waals surface area contributed by atoms with E-state index in [-0.39, 0.29) is 0 Å². The molecular weight excluding hydrogens is 200 g/mol. The van der Waals surface area contributed by atoms with Crippen LogP contribution in [0.4, 0.5) is 5.69 Å². The number of aromatic amines is 1. The first-order chi connectivity index (χ1) is 7.77. The molecule has 0 aliphatic carbocycles. The van der Waals surface area contributed by atoms with Gasteiger partial charge in [0, 0.05) is 35.9 Å². The van der Waals surface area contributed by atoms with Crippen LogP contribution < -0.4 is 5.73 Å². The first-order valence-corrected chi connectivity index (χ1v) is 5.11. The summed E-state index contributed by atoms with van der Waals surface area (Å²) in [4.78, 5) is 0. The highest BCUT2D eigenvalue weighted by Gasteiger charge is 2.12. The maximum atomic E-state index is 5.87. The van der Waals surface area contributed by atoms with Crippen molar-refractivity contribution >= 4 is 16.6 Å². The summed E-state index contributed by atoms with van der Waals surface area (Å²) >= 11 is 0. The lowest BCUT2D eigenvalue weighted by Gasteiger charge is -1.95. The number of nitrogens with one attached hydrogen (secondary N) is 1. The smallest absolute Gasteiger partial charge is 0.117 e.